The van der Waals surface area contributed by atoms with Gasteiger partial charge in [-0.1, -0.05) is 11.2 Å². The molecule has 1 saturated heterocycles. The van der Waals surface area contributed by atoms with Gasteiger partial charge in [-0.15, -0.1) is 11.3 Å². The zero-order chi connectivity index (χ0) is 11.8. The summed E-state index contributed by atoms with van der Waals surface area (Å²) < 4.78 is 5.13. The molecule has 6 heteroatoms. The molecule has 0 aliphatic carbocycles. The van der Waals surface area contributed by atoms with Crippen molar-refractivity contribution in [3.63, 3.8) is 0 Å². The Kier molecular flexibility index (Phi) is 2.45. The SMILES string of the molecule is O=C(c1cc(-c2cccs2)on1)N1CC(O)C1. The third kappa shape index (κ3) is 1.85. The maximum absolute atomic E-state index is 11.9. The van der Waals surface area contributed by atoms with Crippen LogP contribution in [0.25, 0.3) is 10.6 Å². The molecule has 1 amide bonds. The Balaban J connectivity index is 1.79. The van der Waals surface area contributed by atoms with E-state index in [1.165, 1.54) is 11.3 Å². The first-order valence-corrected chi connectivity index (χ1v) is 6.10. The van der Waals surface area contributed by atoms with Gasteiger partial charge in [0, 0.05) is 19.2 Å². The molecule has 2 aromatic rings. The minimum Gasteiger partial charge on any atom is -0.389 e. The molecule has 1 N–H and O–H groups in total. The second-order valence-corrected chi connectivity index (χ2v) is 4.87. The Labute approximate surface area is 101 Å². The number of amides is 1. The molecule has 17 heavy (non-hydrogen) atoms. The molecule has 88 valence electrons. The zero-order valence-electron chi connectivity index (χ0n) is 8.87. The molecular weight excluding hydrogens is 240 g/mol. The van der Waals surface area contributed by atoms with Gasteiger partial charge in [-0.3, -0.25) is 4.79 Å². The van der Waals surface area contributed by atoms with Crippen molar-refractivity contribution >= 4 is 17.2 Å². The third-order valence-corrected chi connectivity index (χ3v) is 3.53. The minimum absolute atomic E-state index is 0.193. The van der Waals surface area contributed by atoms with Crippen LogP contribution in [-0.2, 0) is 0 Å². The van der Waals surface area contributed by atoms with Crippen LogP contribution in [0, 0.1) is 0 Å². The number of aliphatic hydroxyl groups excluding tert-OH is 1. The fourth-order valence-electron chi connectivity index (χ4n) is 1.69. The summed E-state index contributed by atoms with van der Waals surface area (Å²) in [6.07, 6.45) is -0.400. The topological polar surface area (TPSA) is 66.6 Å². The van der Waals surface area contributed by atoms with Crippen molar-refractivity contribution < 1.29 is 14.4 Å². The summed E-state index contributed by atoms with van der Waals surface area (Å²) in [5.74, 6) is 0.409. The fourth-order valence-corrected chi connectivity index (χ4v) is 2.37. The smallest absolute Gasteiger partial charge is 0.276 e. The highest BCUT2D eigenvalue weighted by molar-refractivity contribution is 7.13. The number of hydrogen-bond donors (Lipinski definition) is 1. The van der Waals surface area contributed by atoms with Gasteiger partial charge in [0.1, 0.15) is 0 Å². The summed E-state index contributed by atoms with van der Waals surface area (Å²) in [7, 11) is 0. The quantitative estimate of drug-likeness (QED) is 0.870. The van der Waals surface area contributed by atoms with E-state index in [1.54, 1.807) is 11.0 Å². The maximum atomic E-state index is 11.9. The molecule has 0 radical (unpaired) electrons. The van der Waals surface area contributed by atoms with Crippen LogP contribution >= 0.6 is 11.3 Å². The van der Waals surface area contributed by atoms with Gasteiger partial charge in [0.25, 0.3) is 5.91 Å². The highest BCUT2D eigenvalue weighted by atomic mass is 32.1. The van der Waals surface area contributed by atoms with E-state index in [1.807, 2.05) is 17.5 Å². The van der Waals surface area contributed by atoms with Crippen molar-refractivity contribution in [1.82, 2.24) is 10.1 Å². The van der Waals surface area contributed by atoms with Crippen molar-refractivity contribution in [2.24, 2.45) is 0 Å². The number of hydrogen-bond acceptors (Lipinski definition) is 5. The van der Waals surface area contributed by atoms with Crippen LogP contribution in [0.1, 0.15) is 10.5 Å². The lowest BCUT2D eigenvalue weighted by Gasteiger charge is -2.35. The van der Waals surface area contributed by atoms with Crippen molar-refractivity contribution in [3.05, 3.63) is 29.3 Å². The Morgan fingerprint density at radius 1 is 1.59 bits per heavy atom. The van der Waals surface area contributed by atoms with Gasteiger partial charge < -0.3 is 14.5 Å². The summed E-state index contributed by atoms with van der Waals surface area (Å²) in [6, 6.07) is 5.46. The second kappa shape index (κ2) is 3.97. The van der Waals surface area contributed by atoms with Crippen LogP contribution in [0.2, 0.25) is 0 Å². The largest absolute Gasteiger partial charge is 0.389 e. The Bertz CT molecular complexity index is 529. The van der Waals surface area contributed by atoms with E-state index in [0.717, 1.165) is 4.88 Å². The number of carbonyl (C=O) groups excluding carboxylic acids is 1. The fraction of sp³-hybridized carbons (Fsp3) is 0.273. The van der Waals surface area contributed by atoms with E-state index in [4.69, 9.17) is 9.63 Å². The number of β-amino-alcohol motifs (C(OH)–C–C–N with tert-alkyl or cyclic N) is 1. The van der Waals surface area contributed by atoms with Gasteiger partial charge in [0.05, 0.1) is 11.0 Å². The van der Waals surface area contributed by atoms with Crippen molar-refractivity contribution in [2.45, 2.75) is 6.10 Å². The summed E-state index contributed by atoms with van der Waals surface area (Å²) in [6.45, 7) is 0.750. The molecule has 0 spiro atoms. The molecule has 1 aliphatic rings. The summed E-state index contributed by atoms with van der Waals surface area (Å²) in [5.41, 5.74) is 0.292. The molecule has 0 aromatic carbocycles. The normalized spacial score (nSPS) is 15.9. The molecular formula is C11H10N2O3S. The molecule has 3 rings (SSSR count). The first-order valence-electron chi connectivity index (χ1n) is 5.22. The van der Waals surface area contributed by atoms with E-state index in [0.29, 0.717) is 24.5 Å². The molecule has 5 nitrogen and oxygen atoms in total. The van der Waals surface area contributed by atoms with Crippen molar-refractivity contribution in [3.8, 4) is 10.6 Å². The molecule has 0 atom stereocenters. The number of thiophene rings is 1. The monoisotopic (exact) mass is 250 g/mol. The molecule has 3 heterocycles. The Hall–Kier alpha value is -1.66. The first-order chi connectivity index (χ1) is 8.24. The molecule has 1 aliphatic heterocycles. The lowest BCUT2D eigenvalue weighted by atomic mass is 10.1. The third-order valence-electron chi connectivity index (χ3n) is 2.64. The highest BCUT2D eigenvalue weighted by Gasteiger charge is 2.31. The maximum Gasteiger partial charge on any atom is 0.276 e. The van der Waals surface area contributed by atoms with Crippen LogP contribution in [0.4, 0.5) is 0 Å². The second-order valence-electron chi connectivity index (χ2n) is 3.92. The van der Waals surface area contributed by atoms with Crippen LogP contribution in [0.3, 0.4) is 0 Å². The number of aliphatic hydroxyl groups is 1. The first kappa shape index (κ1) is 10.5. The van der Waals surface area contributed by atoms with Crippen molar-refractivity contribution in [2.75, 3.05) is 13.1 Å². The Morgan fingerprint density at radius 2 is 2.41 bits per heavy atom. The lowest BCUT2D eigenvalue weighted by molar-refractivity contribution is 0.00525. The molecule has 1 fully saturated rings. The average molecular weight is 250 g/mol. The van der Waals surface area contributed by atoms with Crippen molar-refractivity contribution in [1.29, 1.82) is 0 Å². The Morgan fingerprint density at radius 3 is 3.06 bits per heavy atom. The predicted molar refractivity (Wildman–Crippen MR) is 61.7 cm³/mol. The van der Waals surface area contributed by atoms with Crippen LogP contribution in [0.5, 0.6) is 0 Å². The molecule has 0 unspecified atom stereocenters. The zero-order valence-corrected chi connectivity index (χ0v) is 9.68. The van der Waals surface area contributed by atoms with E-state index < -0.39 is 6.10 Å². The number of nitrogens with zero attached hydrogens (tertiary/aromatic N) is 2. The van der Waals surface area contributed by atoms with Crippen LogP contribution in [-0.4, -0.2) is 40.3 Å². The number of rotatable bonds is 2. The molecule has 0 bridgehead atoms. The van der Waals surface area contributed by atoms with Gasteiger partial charge in [-0.25, -0.2) is 0 Å². The number of likely N-dealkylation sites (tertiary alicyclic amines) is 1. The number of carbonyl (C=O) groups is 1. The predicted octanol–water partition coefficient (Wildman–Crippen LogP) is 1.22. The summed E-state index contributed by atoms with van der Waals surface area (Å²) >= 11 is 1.53. The lowest BCUT2D eigenvalue weighted by Crippen LogP contribution is -2.53. The molecule has 2 aromatic heterocycles. The highest BCUT2D eigenvalue weighted by Crippen LogP contribution is 2.25. The summed E-state index contributed by atoms with van der Waals surface area (Å²) in [4.78, 5) is 14.3. The number of aromatic nitrogens is 1. The van der Waals surface area contributed by atoms with Gasteiger partial charge in [-0.05, 0) is 11.4 Å². The van der Waals surface area contributed by atoms with Crippen LogP contribution < -0.4 is 0 Å². The summed E-state index contributed by atoms with van der Waals surface area (Å²) in [5, 5.41) is 14.8. The van der Waals surface area contributed by atoms with Gasteiger partial charge in [0.15, 0.2) is 11.5 Å². The van der Waals surface area contributed by atoms with E-state index in [2.05, 4.69) is 5.16 Å². The molecule has 0 saturated carbocycles. The minimum atomic E-state index is -0.400. The van der Waals surface area contributed by atoms with E-state index in [-0.39, 0.29) is 5.91 Å². The van der Waals surface area contributed by atoms with Crippen LogP contribution in [0.15, 0.2) is 28.1 Å². The van der Waals surface area contributed by atoms with Gasteiger partial charge in [-0.2, -0.15) is 0 Å². The van der Waals surface area contributed by atoms with E-state index >= 15 is 0 Å². The van der Waals surface area contributed by atoms with E-state index in [9.17, 15) is 4.79 Å². The van der Waals surface area contributed by atoms with Gasteiger partial charge in [0.2, 0.25) is 0 Å². The average Bonchev–Trinajstić information content (AvgIpc) is 2.92. The van der Waals surface area contributed by atoms with Gasteiger partial charge >= 0.3 is 0 Å². The standard InChI is InChI=1S/C11H10N2O3S/c14-7-5-13(6-7)11(15)8-4-9(16-12-8)10-2-1-3-17-10/h1-4,7,14H,5-6H2.